The van der Waals surface area contributed by atoms with Crippen LogP contribution in [0.25, 0.3) is 11.5 Å². The van der Waals surface area contributed by atoms with E-state index in [9.17, 15) is 4.39 Å². The molecule has 5 heteroatoms. The van der Waals surface area contributed by atoms with Gasteiger partial charge in [0.1, 0.15) is 0 Å². The third-order valence-corrected chi connectivity index (χ3v) is 2.93. The SMILES string of the molecule is Cc1ccc(F)c(OCc2noc(-c3ccccc3)n2)c1. The Balaban J connectivity index is 1.72. The number of nitrogens with zero attached hydrogens (tertiary/aromatic N) is 2. The minimum Gasteiger partial charge on any atom is -0.482 e. The Bertz CT molecular complexity index is 741. The predicted molar refractivity (Wildman–Crippen MR) is 75.2 cm³/mol. The lowest BCUT2D eigenvalue weighted by Crippen LogP contribution is -1.99. The number of hydrogen-bond acceptors (Lipinski definition) is 4. The second-order valence-electron chi connectivity index (χ2n) is 4.60. The third-order valence-electron chi connectivity index (χ3n) is 2.93. The summed E-state index contributed by atoms with van der Waals surface area (Å²) >= 11 is 0. The molecule has 0 saturated heterocycles. The van der Waals surface area contributed by atoms with Crippen molar-refractivity contribution >= 4 is 0 Å². The van der Waals surface area contributed by atoms with Gasteiger partial charge in [-0.2, -0.15) is 4.98 Å². The molecule has 3 rings (SSSR count). The number of hydrogen-bond donors (Lipinski definition) is 0. The number of benzene rings is 2. The summed E-state index contributed by atoms with van der Waals surface area (Å²) in [5.74, 6) is 0.558. The Hall–Kier alpha value is -2.69. The summed E-state index contributed by atoms with van der Waals surface area (Å²) in [6, 6.07) is 14.1. The summed E-state index contributed by atoms with van der Waals surface area (Å²) in [5, 5.41) is 3.83. The topological polar surface area (TPSA) is 48.2 Å². The Morgan fingerprint density at radius 1 is 1.14 bits per heavy atom. The summed E-state index contributed by atoms with van der Waals surface area (Å²) in [5.41, 5.74) is 1.75. The normalized spacial score (nSPS) is 10.6. The van der Waals surface area contributed by atoms with Gasteiger partial charge in [-0.05, 0) is 36.8 Å². The maximum Gasteiger partial charge on any atom is 0.258 e. The number of halogens is 1. The first-order chi connectivity index (χ1) is 10.2. The molecule has 0 spiro atoms. The van der Waals surface area contributed by atoms with Gasteiger partial charge >= 0.3 is 0 Å². The average molecular weight is 284 g/mol. The van der Waals surface area contributed by atoms with E-state index in [2.05, 4.69) is 10.1 Å². The van der Waals surface area contributed by atoms with Crippen LogP contribution in [0.1, 0.15) is 11.4 Å². The van der Waals surface area contributed by atoms with Gasteiger partial charge in [-0.3, -0.25) is 0 Å². The fourth-order valence-electron chi connectivity index (χ4n) is 1.87. The van der Waals surface area contributed by atoms with Gasteiger partial charge < -0.3 is 9.26 Å². The number of aromatic nitrogens is 2. The summed E-state index contributed by atoms with van der Waals surface area (Å²) < 4.78 is 24.1. The van der Waals surface area contributed by atoms with Gasteiger partial charge in [0.2, 0.25) is 5.82 Å². The number of rotatable bonds is 4. The molecule has 1 heterocycles. The average Bonchev–Trinajstić information content (AvgIpc) is 2.98. The highest BCUT2D eigenvalue weighted by Gasteiger charge is 2.10. The Morgan fingerprint density at radius 3 is 2.76 bits per heavy atom. The van der Waals surface area contributed by atoms with Crippen LogP contribution >= 0.6 is 0 Å². The number of aryl methyl sites for hydroxylation is 1. The van der Waals surface area contributed by atoms with Gasteiger partial charge in [-0.25, -0.2) is 4.39 Å². The Kier molecular flexibility index (Phi) is 3.64. The highest BCUT2D eigenvalue weighted by Crippen LogP contribution is 2.20. The summed E-state index contributed by atoms with van der Waals surface area (Å²) in [7, 11) is 0. The van der Waals surface area contributed by atoms with E-state index in [1.54, 1.807) is 12.1 Å². The van der Waals surface area contributed by atoms with E-state index in [4.69, 9.17) is 9.26 Å². The lowest BCUT2D eigenvalue weighted by Gasteiger charge is -2.05. The molecule has 0 aliphatic carbocycles. The van der Waals surface area contributed by atoms with Crippen molar-refractivity contribution in [2.75, 3.05) is 0 Å². The Morgan fingerprint density at radius 2 is 1.95 bits per heavy atom. The van der Waals surface area contributed by atoms with Crippen LogP contribution in [0.2, 0.25) is 0 Å². The lowest BCUT2D eigenvalue weighted by atomic mass is 10.2. The van der Waals surface area contributed by atoms with Crippen molar-refractivity contribution in [3.05, 3.63) is 65.7 Å². The zero-order valence-corrected chi connectivity index (χ0v) is 11.4. The first-order valence-electron chi connectivity index (χ1n) is 6.49. The zero-order chi connectivity index (χ0) is 14.7. The van der Waals surface area contributed by atoms with Gasteiger partial charge in [0.05, 0.1) is 0 Å². The quantitative estimate of drug-likeness (QED) is 0.732. The Labute approximate surface area is 121 Å². The molecule has 0 bridgehead atoms. The van der Waals surface area contributed by atoms with Crippen LogP contribution in [0.5, 0.6) is 5.75 Å². The van der Waals surface area contributed by atoms with Crippen molar-refractivity contribution < 1.29 is 13.7 Å². The van der Waals surface area contributed by atoms with E-state index < -0.39 is 5.82 Å². The molecule has 4 nitrogen and oxygen atoms in total. The van der Waals surface area contributed by atoms with Gasteiger partial charge in [-0.1, -0.05) is 29.4 Å². The van der Waals surface area contributed by atoms with E-state index in [0.717, 1.165) is 11.1 Å². The monoisotopic (exact) mass is 284 g/mol. The van der Waals surface area contributed by atoms with Gasteiger partial charge in [0, 0.05) is 5.56 Å². The van der Waals surface area contributed by atoms with E-state index in [-0.39, 0.29) is 12.4 Å². The second kappa shape index (κ2) is 5.75. The standard InChI is InChI=1S/C16H13FN2O2/c1-11-7-8-13(17)14(9-11)20-10-15-18-16(21-19-15)12-5-3-2-4-6-12/h2-9H,10H2,1H3. The second-order valence-corrected chi connectivity index (χ2v) is 4.60. The van der Waals surface area contributed by atoms with Gasteiger partial charge in [-0.15, -0.1) is 0 Å². The van der Waals surface area contributed by atoms with E-state index in [1.165, 1.54) is 6.07 Å². The van der Waals surface area contributed by atoms with E-state index >= 15 is 0 Å². The van der Waals surface area contributed by atoms with Crippen molar-refractivity contribution in [2.24, 2.45) is 0 Å². The molecule has 0 amide bonds. The van der Waals surface area contributed by atoms with Crippen molar-refractivity contribution in [3.63, 3.8) is 0 Å². The highest BCUT2D eigenvalue weighted by atomic mass is 19.1. The summed E-state index contributed by atoms with van der Waals surface area (Å²) in [6.07, 6.45) is 0. The van der Waals surface area contributed by atoms with E-state index in [1.807, 2.05) is 37.3 Å². The molecule has 21 heavy (non-hydrogen) atoms. The van der Waals surface area contributed by atoms with Crippen molar-refractivity contribution in [3.8, 4) is 17.2 Å². The maximum absolute atomic E-state index is 13.6. The third kappa shape index (κ3) is 3.08. The largest absolute Gasteiger partial charge is 0.482 e. The molecule has 0 fully saturated rings. The fourth-order valence-corrected chi connectivity index (χ4v) is 1.87. The van der Waals surface area contributed by atoms with Crippen LogP contribution in [-0.2, 0) is 6.61 Å². The first kappa shape index (κ1) is 13.3. The van der Waals surface area contributed by atoms with E-state index in [0.29, 0.717) is 11.7 Å². The van der Waals surface area contributed by atoms with Crippen LogP contribution in [0, 0.1) is 12.7 Å². The molecule has 0 aliphatic heterocycles. The molecule has 1 aromatic heterocycles. The zero-order valence-electron chi connectivity index (χ0n) is 11.4. The molecule has 0 radical (unpaired) electrons. The summed E-state index contributed by atoms with van der Waals surface area (Å²) in [6.45, 7) is 1.92. The smallest absolute Gasteiger partial charge is 0.258 e. The summed E-state index contributed by atoms with van der Waals surface area (Å²) in [4.78, 5) is 4.22. The molecule has 106 valence electrons. The maximum atomic E-state index is 13.6. The molecule has 0 unspecified atom stereocenters. The molecule has 0 N–H and O–H groups in total. The van der Waals surface area contributed by atoms with Crippen molar-refractivity contribution in [1.29, 1.82) is 0 Å². The molecule has 2 aromatic carbocycles. The van der Waals surface area contributed by atoms with Crippen LogP contribution in [0.3, 0.4) is 0 Å². The molecular weight excluding hydrogens is 271 g/mol. The predicted octanol–water partition coefficient (Wildman–Crippen LogP) is 3.76. The molecular formula is C16H13FN2O2. The van der Waals surface area contributed by atoms with Crippen molar-refractivity contribution in [1.82, 2.24) is 10.1 Å². The molecule has 0 atom stereocenters. The van der Waals surface area contributed by atoms with Gasteiger partial charge in [0.15, 0.2) is 18.2 Å². The van der Waals surface area contributed by atoms with Gasteiger partial charge in [0.25, 0.3) is 5.89 Å². The van der Waals surface area contributed by atoms with Crippen LogP contribution < -0.4 is 4.74 Å². The lowest BCUT2D eigenvalue weighted by molar-refractivity contribution is 0.273. The van der Waals surface area contributed by atoms with Crippen LogP contribution in [0.4, 0.5) is 4.39 Å². The first-order valence-corrected chi connectivity index (χ1v) is 6.49. The van der Waals surface area contributed by atoms with Crippen LogP contribution in [-0.4, -0.2) is 10.1 Å². The molecule has 0 saturated carbocycles. The van der Waals surface area contributed by atoms with Crippen molar-refractivity contribution in [2.45, 2.75) is 13.5 Å². The number of ether oxygens (including phenoxy) is 1. The minimum absolute atomic E-state index is 0.0523. The minimum atomic E-state index is -0.410. The van der Waals surface area contributed by atoms with Crippen LogP contribution in [0.15, 0.2) is 53.1 Å². The highest BCUT2D eigenvalue weighted by molar-refractivity contribution is 5.51. The molecule has 3 aromatic rings. The fraction of sp³-hybridized carbons (Fsp3) is 0.125. The molecule has 0 aliphatic rings.